The van der Waals surface area contributed by atoms with Gasteiger partial charge in [0.1, 0.15) is 5.82 Å². The molecule has 1 heterocycles. The third kappa shape index (κ3) is 5.47. The Morgan fingerprint density at radius 1 is 1.39 bits per heavy atom. The number of amides is 1. The van der Waals surface area contributed by atoms with E-state index in [2.05, 4.69) is 0 Å². The molecule has 1 atom stereocenters. The Bertz CT molecular complexity index is 513. The van der Waals surface area contributed by atoms with Gasteiger partial charge in [0.2, 0.25) is 5.91 Å². The highest BCUT2D eigenvalue weighted by molar-refractivity contribution is 5.86. The summed E-state index contributed by atoms with van der Waals surface area (Å²) in [6.45, 7) is 5.39. The van der Waals surface area contributed by atoms with Gasteiger partial charge in [-0.3, -0.25) is 4.79 Å². The molecule has 1 aliphatic heterocycles. The van der Waals surface area contributed by atoms with Crippen molar-refractivity contribution in [3.05, 3.63) is 35.6 Å². The quantitative estimate of drug-likeness (QED) is 0.889. The number of hydrogen-bond acceptors (Lipinski definition) is 2. The lowest BCUT2D eigenvalue weighted by Crippen LogP contribution is -2.55. The van der Waals surface area contributed by atoms with Crippen LogP contribution in [0, 0.1) is 11.7 Å². The molecule has 1 aromatic carbocycles. The maximum atomic E-state index is 13.2. The minimum Gasteiger partial charge on any atom is -0.341 e. The number of carbonyl (C=O) groups is 1. The Labute approximate surface area is 144 Å². The van der Waals surface area contributed by atoms with E-state index < -0.39 is 5.54 Å². The van der Waals surface area contributed by atoms with E-state index >= 15 is 0 Å². The van der Waals surface area contributed by atoms with Crippen LogP contribution in [0.15, 0.2) is 24.3 Å². The van der Waals surface area contributed by atoms with Gasteiger partial charge in [-0.15, -0.1) is 12.4 Å². The van der Waals surface area contributed by atoms with E-state index in [1.165, 1.54) is 6.07 Å². The lowest BCUT2D eigenvalue weighted by Gasteiger charge is -2.37. The lowest BCUT2D eigenvalue weighted by molar-refractivity contribution is -0.138. The van der Waals surface area contributed by atoms with Crippen LogP contribution in [0.4, 0.5) is 4.39 Å². The zero-order chi connectivity index (χ0) is 16.2. The van der Waals surface area contributed by atoms with Crippen LogP contribution >= 0.6 is 12.4 Å². The van der Waals surface area contributed by atoms with Crippen molar-refractivity contribution in [1.29, 1.82) is 0 Å². The first-order chi connectivity index (χ1) is 10.4. The SMILES string of the molecule is CCCC(C)(N)C(=O)N1CCC(Cc2cccc(F)c2)CC1.Cl. The van der Waals surface area contributed by atoms with Crippen molar-refractivity contribution in [2.24, 2.45) is 11.7 Å². The predicted octanol–water partition coefficient (Wildman–Crippen LogP) is 3.55. The average molecular weight is 343 g/mol. The maximum absolute atomic E-state index is 13.2. The molecule has 1 saturated heterocycles. The zero-order valence-corrected chi connectivity index (χ0v) is 14.9. The molecular formula is C18H28ClFN2O. The topological polar surface area (TPSA) is 46.3 Å². The third-order valence-corrected chi connectivity index (χ3v) is 4.57. The number of carbonyl (C=O) groups excluding carboxylic acids is 1. The lowest BCUT2D eigenvalue weighted by atomic mass is 9.88. The molecule has 0 aliphatic carbocycles. The Hall–Kier alpha value is -1.13. The molecule has 23 heavy (non-hydrogen) atoms. The molecule has 2 N–H and O–H groups in total. The standard InChI is InChI=1S/C18H27FN2O.ClH/c1-3-9-18(2,20)17(22)21-10-7-14(8-11-21)12-15-5-4-6-16(19)13-15;/h4-6,13-14H,3,7-12,20H2,1-2H3;1H. The van der Waals surface area contributed by atoms with Crippen molar-refractivity contribution in [2.45, 2.75) is 51.5 Å². The number of halogens is 2. The van der Waals surface area contributed by atoms with Crippen LogP contribution in [0.5, 0.6) is 0 Å². The second kappa shape index (κ2) is 8.65. The number of hydrogen-bond donors (Lipinski definition) is 1. The van der Waals surface area contributed by atoms with Crippen LogP contribution in [0.1, 0.15) is 45.1 Å². The highest BCUT2D eigenvalue weighted by Crippen LogP contribution is 2.24. The highest BCUT2D eigenvalue weighted by atomic mass is 35.5. The molecule has 130 valence electrons. The molecule has 2 rings (SSSR count). The monoisotopic (exact) mass is 342 g/mol. The van der Waals surface area contributed by atoms with E-state index in [1.54, 1.807) is 12.1 Å². The van der Waals surface area contributed by atoms with Gasteiger partial charge >= 0.3 is 0 Å². The molecule has 3 nitrogen and oxygen atoms in total. The van der Waals surface area contributed by atoms with E-state index in [9.17, 15) is 9.18 Å². The highest BCUT2D eigenvalue weighted by Gasteiger charge is 2.33. The van der Waals surface area contributed by atoms with Crippen LogP contribution < -0.4 is 5.73 Å². The first kappa shape index (κ1) is 19.9. The molecule has 5 heteroatoms. The molecule has 0 radical (unpaired) electrons. The van der Waals surface area contributed by atoms with Crippen molar-refractivity contribution in [2.75, 3.05) is 13.1 Å². The van der Waals surface area contributed by atoms with Gasteiger partial charge in [-0.1, -0.05) is 25.5 Å². The van der Waals surface area contributed by atoms with Crippen molar-refractivity contribution in [3.63, 3.8) is 0 Å². The van der Waals surface area contributed by atoms with Crippen LogP contribution in [-0.4, -0.2) is 29.4 Å². The van der Waals surface area contributed by atoms with Gasteiger partial charge in [-0.2, -0.15) is 0 Å². The summed E-state index contributed by atoms with van der Waals surface area (Å²) < 4.78 is 13.2. The third-order valence-electron chi connectivity index (χ3n) is 4.57. The molecule has 1 unspecified atom stereocenters. The van der Waals surface area contributed by atoms with Crippen LogP contribution in [0.25, 0.3) is 0 Å². The van der Waals surface area contributed by atoms with Gasteiger partial charge in [0, 0.05) is 13.1 Å². The number of likely N-dealkylation sites (tertiary alicyclic amines) is 1. The predicted molar refractivity (Wildman–Crippen MR) is 94.2 cm³/mol. The molecular weight excluding hydrogens is 315 g/mol. The zero-order valence-electron chi connectivity index (χ0n) is 14.1. The molecule has 1 amide bonds. The fraction of sp³-hybridized carbons (Fsp3) is 0.611. The van der Waals surface area contributed by atoms with E-state index in [4.69, 9.17) is 5.73 Å². The first-order valence-corrected chi connectivity index (χ1v) is 8.25. The normalized spacial score (nSPS) is 18.2. The summed E-state index contributed by atoms with van der Waals surface area (Å²) >= 11 is 0. The number of piperidine rings is 1. The first-order valence-electron chi connectivity index (χ1n) is 8.25. The summed E-state index contributed by atoms with van der Waals surface area (Å²) in [6.07, 6.45) is 4.44. The van der Waals surface area contributed by atoms with Crippen molar-refractivity contribution < 1.29 is 9.18 Å². The fourth-order valence-electron chi connectivity index (χ4n) is 3.32. The van der Waals surface area contributed by atoms with E-state index in [0.717, 1.165) is 50.8 Å². The fourth-order valence-corrected chi connectivity index (χ4v) is 3.32. The molecule has 0 bridgehead atoms. The number of nitrogens with two attached hydrogens (primary N) is 1. The second-order valence-corrected chi connectivity index (χ2v) is 6.74. The van der Waals surface area contributed by atoms with Crippen molar-refractivity contribution >= 4 is 18.3 Å². The minimum absolute atomic E-state index is 0. The van der Waals surface area contributed by atoms with E-state index in [0.29, 0.717) is 5.92 Å². The van der Waals surface area contributed by atoms with Gasteiger partial charge in [0.05, 0.1) is 5.54 Å². The summed E-state index contributed by atoms with van der Waals surface area (Å²) in [4.78, 5) is 14.4. The van der Waals surface area contributed by atoms with Crippen molar-refractivity contribution in [3.8, 4) is 0 Å². The summed E-state index contributed by atoms with van der Waals surface area (Å²) in [7, 11) is 0. The summed E-state index contributed by atoms with van der Waals surface area (Å²) in [6, 6.07) is 6.81. The summed E-state index contributed by atoms with van der Waals surface area (Å²) in [5.41, 5.74) is 6.44. The second-order valence-electron chi connectivity index (χ2n) is 6.74. The molecule has 0 aromatic heterocycles. The van der Waals surface area contributed by atoms with Crippen LogP contribution in [0.3, 0.4) is 0 Å². The number of benzene rings is 1. The largest absolute Gasteiger partial charge is 0.341 e. The molecule has 1 aliphatic rings. The summed E-state index contributed by atoms with van der Waals surface area (Å²) in [5.74, 6) is 0.406. The summed E-state index contributed by atoms with van der Waals surface area (Å²) in [5, 5.41) is 0. The Morgan fingerprint density at radius 2 is 2.04 bits per heavy atom. The van der Waals surface area contributed by atoms with Gasteiger partial charge in [-0.05, 0) is 56.2 Å². The Morgan fingerprint density at radius 3 is 2.61 bits per heavy atom. The number of nitrogens with zero attached hydrogens (tertiary/aromatic N) is 1. The minimum atomic E-state index is -0.746. The van der Waals surface area contributed by atoms with Crippen LogP contribution in [0.2, 0.25) is 0 Å². The van der Waals surface area contributed by atoms with Gasteiger partial charge in [0.15, 0.2) is 0 Å². The molecule has 0 spiro atoms. The Kier molecular flexibility index (Phi) is 7.49. The van der Waals surface area contributed by atoms with Crippen LogP contribution in [-0.2, 0) is 11.2 Å². The molecule has 0 saturated carbocycles. The average Bonchev–Trinajstić information content (AvgIpc) is 2.47. The Balaban J connectivity index is 0.00000264. The number of rotatable bonds is 5. The maximum Gasteiger partial charge on any atom is 0.242 e. The van der Waals surface area contributed by atoms with E-state index in [1.807, 2.05) is 24.8 Å². The smallest absolute Gasteiger partial charge is 0.242 e. The van der Waals surface area contributed by atoms with E-state index in [-0.39, 0.29) is 24.1 Å². The van der Waals surface area contributed by atoms with Gasteiger partial charge in [-0.25, -0.2) is 4.39 Å². The van der Waals surface area contributed by atoms with Crippen molar-refractivity contribution in [1.82, 2.24) is 4.90 Å². The molecule has 1 aromatic rings. The molecule has 1 fully saturated rings. The van der Waals surface area contributed by atoms with Gasteiger partial charge in [0.25, 0.3) is 0 Å². The van der Waals surface area contributed by atoms with Gasteiger partial charge < -0.3 is 10.6 Å².